The number of imidazole rings is 1. The molecule has 6 heteroatoms. The van der Waals surface area contributed by atoms with Crippen molar-refractivity contribution < 1.29 is 0 Å². The zero-order valence-electron chi connectivity index (χ0n) is 12.4. The van der Waals surface area contributed by atoms with Crippen LogP contribution in [0.15, 0.2) is 29.2 Å². The van der Waals surface area contributed by atoms with Crippen molar-refractivity contribution >= 4 is 10.8 Å². The van der Waals surface area contributed by atoms with Crippen LogP contribution in [0.2, 0.25) is 0 Å². The Kier molecular flexibility index (Phi) is 3.47. The fourth-order valence-corrected chi connectivity index (χ4v) is 2.62. The predicted molar refractivity (Wildman–Crippen MR) is 83.3 cm³/mol. The van der Waals surface area contributed by atoms with Crippen molar-refractivity contribution in [2.24, 2.45) is 0 Å². The van der Waals surface area contributed by atoms with Crippen molar-refractivity contribution in [2.45, 2.75) is 26.8 Å². The first-order valence-corrected chi connectivity index (χ1v) is 7.06. The highest BCUT2D eigenvalue weighted by Crippen LogP contribution is 2.25. The Balaban J connectivity index is 2.26. The minimum atomic E-state index is -0.194. The zero-order valence-corrected chi connectivity index (χ0v) is 12.4. The molecule has 0 bridgehead atoms. The van der Waals surface area contributed by atoms with E-state index in [1.54, 1.807) is 12.3 Å². The third-order valence-electron chi connectivity index (χ3n) is 3.78. The van der Waals surface area contributed by atoms with Gasteiger partial charge in [-0.2, -0.15) is 10.4 Å². The Hall–Kier alpha value is -2.94. The summed E-state index contributed by atoms with van der Waals surface area (Å²) in [7, 11) is 0. The van der Waals surface area contributed by atoms with Crippen LogP contribution in [-0.2, 0) is 13.0 Å². The lowest BCUT2D eigenvalue weighted by molar-refractivity contribution is 0.797. The Morgan fingerprint density at radius 3 is 2.91 bits per heavy atom. The molecule has 0 radical (unpaired) electrons. The maximum atomic E-state index is 11.9. The molecule has 2 aromatic heterocycles. The summed E-state index contributed by atoms with van der Waals surface area (Å²) in [5, 5.41) is 17.1. The SMILES string of the molecule is CCc1n[nH]c(=O)c2ccc(-c3cnc(C)n3CC#N)cc12. The number of hydrogen-bond acceptors (Lipinski definition) is 4. The normalized spacial score (nSPS) is 10.8. The molecule has 1 N–H and O–H groups in total. The van der Waals surface area contributed by atoms with E-state index in [-0.39, 0.29) is 12.1 Å². The Labute approximate surface area is 127 Å². The first-order valence-electron chi connectivity index (χ1n) is 7.06. The molecule has 0 amide bonds. The molecule has 3 aromatic rings. The molecule has 0 saturated carbocycles. The minimum Gasteiger partial charge on any atom is -0.314 e. The van der Waals surface area contributed by atoms with E-state index in [1.165, 1.54) is 0 Å². The van der Waals surface area contributed by atoms with Crippen LogP contribution in [0.1, 0.15) is 18.4 Å². The molecule has 3 rings (SSSR count). The van der Waals surface area contributed by atoms with Gasteiger partial charge < -0.3 is 4.57 Å². The lowest BCUT2D eigenvalue weighted by Gasteiger charge is -2.08. The van der Waals surface area contributed by atoms with Crippen LogP contribution in [0, 0.1) is 18.3 Å². The number of aromatic amines is 1. The van der Waals surface area contributed by atoms with Gasteiger partial charge in [-0.1, -0.05) is 13.0 Å². The summed E-state index contributed by atoms with van der Waals surface area (Å²) in [6, 6.07) is 7.76. The second kappa shape index (κ2) is 5.45. The van der Waals surface area contributed by atoms with Crippen LogP contribution in [0.5, 0.6) is 0 Å². The number of fused-ring (bicyclic) bond motifs is 1. The number of hydrogen-bond donors (Lipinski definition) is 1. The van der Waals surface area contributed by atoms with E-state index in [9.17, 15) is 4.79 Å². The summed E-state index contributed by atoms with van der Waals surface area (Å²) in [6.07, 6.45) is 2.48. The largest absolute Gasteiger partial charge is 0.314 e. The Morgan fingerprint density at radius 1 is 1.36 bits per heavy atom. The van der Waals surface area contributed by atoms with Crippen LogP contribution in [0.3, 0.4) is 0 Å². The van der Waals surface area contributed by atoms with Crippen LogP contribution in [0.25, 0.3) is 22.0 Å². The fourth-order valence-electron chi connectivity index (χ4n) is 2.62. The number of aromatic nitrogens is 4. The molecule has 0 aliphatic heterocycles. The van der Waals surface area contributed by atoms with Gasteiger partial charge in [-0.15, -0.1) is 0 Å². The highest BCUT2D eigenvalue weighted by molar-refractivity contribution is 5.87. The van der Waals surface area contributed by atoms with Crippen molar-refractivity contribution in [1.82, 2.24) is 19.7 Å². The van der Waals surface area contributed by atoms with E-state index < -0.39 is 0 Å². The second-order valence-corrected chi connectivity index (χ2v) is 5.05. The molecule has 0 aliphatic rings. The van der Waals surface area contributed by atoms with Crippen molar-refractivity contribution in [3.05, 3.63) is 46.3 Å². The fraction of sp³-hybridized carbons (Fsp3) is 0.250. The van der Waals surface area contributed by atoms with Crippen molar-refractivity contribution in [1.29, 1.82) is 5.26 Å². The molecule has 110 valence electrons. The van der Waals surface area contributed by atoms with Gasteiger partial charge >= 0.3 is 0 Å². The summed E-state index contributed by atoms with van der Waals surface area (Å²) < 4.78 is 1.85. The smallest absolute Gasteiger partial charge is 0.272 e. The molecule has 0 unspecified atom stereocenters. The highest BCUT2D eigenvalue weighted by Gasteiger charge is 2.11. The maximum absolute atomic E-state index is 11.9. The van der Waals surface area contributed by atoms with Gasteiger partial charge in [-0.25, -0.2) is 10.1 Å². The monoisotopic (exact) mass is 293 g/mol. The molecule has 0 fully saturated rings. The Bertz CT molecular complexity index is 945. The second-order valence-electron chi connectivity index (χ2n) is 5.05. The number of nitrogens with zero attached hydrogens (tertiary/aromatic N) is 4. The molecular weight excluding hydrogens is 278 g/mol. The van der Waals surface area contributed by atoms with Gasteiger partial charge in [0.1, 0.15) is 12.4 Å². The first-order chi connectivity index (χ1) is 10.7. The third kappa shape index (κ3) is 2.17. The molecule has 0 spiro atoms. The quantitative estimate of drug-likeness (QED) is 0.801. The van der Waals surface area contributed by atoms with Gasteiger partial charge in [-0.3, -0.25) is 4.79 Å². The summed E-state index contributed by atoms with van der Waals surface area (Å²) in [6.45, 7) is 4.11. The van der Waals surface area contributed by atoms with E-state index in [0.717, 1.165) is 34.6 Å². The molecule has 6 nitrogen and oxygen atoms in total. The first kappa shape index (κ1) is 14.0. The molecular formula is C16H15N5O. The zero-order chi connectivity index (χ0) is 15.7. The van der Waals surface area contributed by atoms with Gasteiger partial charge in [-0.05, 0) is 25.5 Å². The highest BCUT2D eigenvalue weighted by atomic mass is 16.1. The van der Waals surface area contributed by atoms with Crippen molar-refractivity contribution in [2.75, 3.05) is 0 Å². The average molecular weight is 293 g/mol. The van der Waals surface area contributed by atoms with Crippen molar-refractivity contribution in [3.63, 3.8) is 0 Å². The van der Waals surface area contributed by atoms with Gasteiger partial charge in [0.05, 0.1) is 29.0 Å². The number of nitrogens with one attached hydrogen (secondary N) is 1. The lowest BCUT2D eigenvalue weighted by Crippen LogP contribution is -2.11. The van der Waals surface area contributed by atoms with Crippen LogP contribution in [-0.4, -0.2) is 19.7 Å². The molecule has 0 saturated heterocycles. The summed E-state index contributed by atoms with van der Waals surface area (Å²) in [4.78, 5) is 16.2. The van der Waals surface area contributed by atoms with Crippen molar-refractivity contribution in [3.8, 4) is 17.3 Å². The number of nitriles is 1. The third-order valence-corrected chi connectivity index (χ3v) is 3.78. The number of aryl methyl sites for hydroxylation is 2. The van der Waals surface area contributed by atoms with Crippen LogP contribution in [0.4, 0.5) is 0 Å². The molecule has 22 heavy (non-hydrogen) atoms. The predicted octanol–water partition coefficient (Wildman–Crippen LogP) is 2.18. The summed E-state index contributed by atoms with van der Waals surface area (Å²) >= 11 is 0. The van der Waals surface area contributed by atoms with Crippen LogP contribution >= 0.6 is 0 Å². The maximum Gasteiger partial charge on any atom is 0.272 e. The van der Waals surface area contributed by atoms with Gasteiger partial charge in [0.2, 0.25) is 0 Å². The molecule has 0 atom stereocenters. The molecule has 0 aliphatic carbocycles. The molecule has 2 heterocycles. The number of rotatable bonds is 3. The van der Waals surface area contributed by atoms with E-state index >= 15 is 0 Å². The van der Waals surface area contributed by atoms with E-state index in [2.05, 4.69) is 21.3 Å². The lowest BCUT2D eigenvalue weighted by atomic mass is 10.0. The summed E-state index contributed by atoms with van der Waals surface area (Å²) in [5.74, 6) is 0.788. The number of H-pyrrole nitrogens is 1. The van der Waals surface area contributed by atoms with Gasteiger partial charge in [0.15, 0.2) is 0 Å². The van der Waals surface area contributed by atoms with Gasteiger partial charge in [0.25, 0.3) is 5.56 Å². The van der Waals surface area contributed by atoms with E-state index in [1.807, 2.05) is 30.5 Å². The Morgan fingerprint density at radius 2 is 2.18 bits per heavy atom. The van der Waals surface area contributed by atoms with E-state index in [0.29, 0.717) is 5.39 Å². The van der Waals surface area contributed by atoms with E-state index in [4.69, 9.17) is 5.26 Å². The average Bonchev–Trinajstić information content (AvgIpc) is 2.89. The van der Waals surface area contributed by atoms with Crippen LogP contribution < -0.4 is 5.56 Å². The minimum absolute atomic E-state index is 0.194. The standard InChI is InChI=1S/C16H15N5O/c1-3-14-13-8-11(4-5-12(13)16(22)20-19-14)15-9-18-10(2)21(15)7-6-17/h4-5,8-9H,3,7H2,1-2H3,(H,20,22). The number of benzene rings is 1. The topological polar surface area (TPSA) is 87.4 Å². The summed E-state index contributed by atoms with van der Waals surface area (Å²) in [5.41, 5.74) is 2.44. The molecule has 1 aromatic carbocycles. The van der Waals surface area contributed by atoms with Gasteiger partial charge in [0, 0.05) is 10.9 Å².